The number of aliphatic carboxylic acids is 1. The van der Waals surface area contributed by atoms with Crippen molar-refractivity contribution < 1.29 is 72.2 Å². The van der Waals surface area contributed by atoms with Gasteiger partial charge in [0, 0.05) is 39.8 Å². The van der Waals surface area contributed by atoms with E-state index in [0.717, 1.165) is 12.8 Å². The molecule has 0 saturated carbocycles. The molecule has 11 amide bonds. The quantitative estimate of drug-likeness (QED) is 0.00903. The van der Waals surface area contributed by atoms with E-state index in [1.165, 1.54) is 39.8 Å². The topological polar surface area (TPSA) is 449 Å². The molecular weight excluding hydrogens is 991 g/mol. The summed E-state index contributed by atoms with van der Waals surface area (Å²) < 4.78 is 5.39. The number of carbonyl (C=O) groups is 13. The molecule has 30 heteroatoms. The lowest BCUT2D eigenvalue weighted by Crippen LogP contribution is -2.58. The number of hydrogen-bond donors (Lipinski definition) is 15. The van der Waals surface area contributed by atoms with E-state index in [-0.39, 0.29) is 56.8 Å². The van der Waals surface area contributed by atoms with Gasteiger partial charge in [0.15, 0.2) is 5.96 Å². The molecule has 0 aromatic heterocycles. The number of guanidine groups is 1. The Kier molecular flexibility index (Phi) is 32.8. The maximum Gasteiger partial charge on any atom is 0.303 e. The summed E-state index contributed by atoms with van der Waals surface area (Å²) in [6.45, 7) is 7.99. The number of carbonyl (C=O) groups excluding carboxylic acids is 12. The summed E-state index contributed by atoms with van der Waals surface area (Å²) in [6.07, 6.45) is 2.00. The van der Waals surface area contributed by atoms with Gasteiger partial charge >= 0.3 is 5.97 Å². The summed E-state index contributed by atoms with van der Waals surface area (Å²) in [4.78, 5) is 162. The van der Waals surface area contributed by atoms with Crippen LogP contribution in [-0.2, 0) is 67.1 Å². The number of rotatable bonds is 38. The van der Waals surface area contributed by atoms with Gasteiger partial charge in [0.1, 0.15) is 42.2 Å². The Morgan fingerprint density at radius 3 is 1.67 bits per heavy atom. The highest BCUT2D eigenvalue weighted by atomic mass is 16.5. The lowest BCUT2D eigenvalue weighted by Gasteiger charge is -2.26. The Hall–Kier alpha value is -7.50. The van der Waals surface area contributed by atoms with Crippen molar-refractivity contribution in [2.45, 2.75) is 136 Å². The van der Waals surface area contributed by atoms with Gasteiger partial charge in [-0.3, -0.25) is 73.2 Å². The van der Waals surface area contributed by atoms with Crippen molar-refractivity contribution in [3.8, 4) is 0 Å². The monoisotopic (exact) mass is 1070 g/mol. The van der Waals surface area contributed by atoms with Gasteiger partial charge in [0.25, 0.3) is 5.91 Å². The average molecular weight is 1070 g/mol. The smallest absolute Gasteiger partial charge is 0.303 e. The van der Waals surface area contributed by atoms with Crippen LogP contribution in [0.5, 0.6) is 0 Å². The van der Waals surface area contributed by atoms with Crippen LogP contribution in [0.25, 0.3) is 0 Å². The van der Waals surface area contributed by atoms with Crippen LogP contribution in [0.3, 0.4) is 0 Å². The van der Waals surface area contributed by atoms with Crippen molar-refractivity contribution >= 4 is 82.7 Å². The molecule has 0 aliphatic carbocycles. The first kappa shape index (κ1) is 67.5. The van der Waals surface area contributed by atoms with E-state index in [1.807, 2.05) is 6.92 Å². The van der Waals surface area contributed by atoms with E-state index < -0.39 is 146 Å². The van der Waals surface area contributed by atoms with E-state index in [2.05, 4.69) is 63.9 Å². The fourth-order valence-electron chi connectivity index (χ4n) is 6.33. The summed E-state index contributed by atoms with van der Waals surface area (Å²) >= 11 is 0. The maximum absolute atomic E-state index is 13.1. The molecule has 0 aromatic rings. The third-order valence-corrected chi connectivity index (χ3v) is 10.2. The minimum atomic E-state index is -1.54. The first-order chi connectivity index (χ1) is 35.1. The second-order valence-electron chi connectivity index (χ2n) is 18.2. The molecule has 16 N–H and O–H groups in total. The predicted molar refractivity (Wildman–Crippen MR) is 268 cm³/mol. The normalized spacial score (nSPS) is 12.5. The minimum Gasteiger partial charge on any atom is -0.481 e. The Bertz CT molecular complexity index is 2000. The van der Waals surface area contributed by atoms with E-state index in [4.69, 9.17) is 15.9 Å². The Balaban J connectivity index is 5.07. The number of nitrogens with zero attached hydrogens (tertiary/aromatic N) is 1. The Morgan fingerprint density at radius 1 is 0.627 bits per heavy atom. The van der Waals surface area contributed by atoms with E-state index in [1.54, 1.807) is 13.8 Å². The number of ether oxygens (including phenoxy) is 1. The van der Waals surface area contributed by atoms with E-state index in [0.29, 0.717) is 12.8 Å². The number of carboxylic acids is 1. The Labute approximate surface area is 435 Å². The number of amides is 11. The van der Waals surface area contributed by atoms with Gasteiger partial charge in [-0.1, -0.05) is 27.2 Å². The number of hydrogen-bond acceptors (Lipinski definition) is 16. The molecule has 0 radical (unpaired) electrons. The highest BCUT2D eigenvalue weighted by Gasteiger charge is 2.31. The Morgan fingerprint density at radius 2 is 1.13 bits per heavy atom. The third kappa shape index (κ3) is 33.0. The lowest BCUT2D eigenvalue weighted by molar-refractivity contribution is -0.138. The van der Waals surface area contributed by atoms with Crippen molar-refractivity contribution in [2.24, 2.45) is 11.7 Å². The fourth-order valence-corrected chi connectivity index (χ4v) is 6.33. The zero-order valence-corrected chi connectivity index (χ0v) is 44.1. The average Bonchev–Trinajstić information content (AvgIpc) is 3.32. The number of hydrazine groups is 1. The van der Waals surface area contributed by atoms with Gasteiger partial charge in [0.05, 0.1) is 39.3 Å². The molecule has 0 aliphatic rings. The molecule has 424 valence electrons. The van der Waals surface area contributed by atoms with Gasteiger partial charge in [-0.2, -0.15) is 5.01 Å². The van der Waals surface area contributed by atoms with Gasteiger partial charge in [-0.15, -0.1) is 0 Å². The van der Waals surface area contributed by atoms with Crippen LogP contribution < -0.4 is 69.6 Å². The molecule has 0 heterocycles. The molecule has 0 bridgehead atoms. The summed E-state index contributed by atoms with van der Waals surface area (Å²) in [5, 5.41) is 43.9. The number of ketones is 1. The number of Topliss-reactive ketones (excluding diaryl/α,β-unsaturated/α-hetero) is 1. The second-order valence-corrected chi connectivity index (χ2v) is 18.2. The number of unbranched alkanes of at least 4 members (excludes halogenated alkanes) is 1. The summed E-state index contributed by atoms with van der Waals surface area (Å²) in [6, 6.07) is -4.98. The number of nitrogens with one attached hydrogen (secondary N) is 13. The largest absolute Gasteiger partial charge is 0.481 e. The maximum atomic E-state index is 13.1. The minimum absolute atomic E-state index is 0.0127. The van der Waals surface area contributed by atoms with Crippen molar-refractivity contribution in [2.75, 3.05) is 59.7 Å². The third-order valence-electron chi connectivity index (χ3n) is 10.2. The summed E-state index contributed by atoms with van der Waals surface area (Å²) in [5.74, 6) is -10.2. The zero-order valence-electron chi connectivity index (χ0n) is 44.1. The van der Waals surface area contributed by atoms with Crippen LogP contribution in [0.2, 0.25) is 0 Å². The molecule has 4 atom stereocenters. The molecule has 0 spiro atoms. The fraction of sp³-hybridized carbons (Fsp3) is 0.689. The van der Waals surface area contributed by atoms with Crippen LogP contribution >= 0.6 is 0 Å². The van der Waals surface area contributed by atoms with Crippen molar-refractivity contribution in [1.29, 1.82) is 5.41 Å². The van der Waals surface area contributed by atoms with Gasteiger partial charge < -0.3 is 74.1 Å². The summed E-state index contributed by atoms with van der Waals surface area (Å²) in [7, 11) is 1.53. The van der Waals surface area contributed by atoms with Gasteiger partial charge in [-0.25, -0.2) is 0 Å². The standard InChI is InChI=1S/C45H79N15O15/c1-9-10-12-29(62)16-18-75-25-60(8)59-37(67)24-53-43(74)45(6,7)58-36(66)23-52-42(73)32(19-26(2)3)57-35(65)21-49-39(70)27(4)54-33(63)20-50-41(72)31(14-15-38(68)69)56-34(64)22-51-40(71)30(55-28(5)61)13-11-17-48-44(46)47/h26-27,30-32H,9-25H2,1-8H3,(H,49,70)(H,50,72)(H,51,71)(H,52,73)(H,53,74)(H,54,63)(H,55,61)(H,56,64)(H,57,65)(H,58,66)(H,59,67)(H,68,69)(H4,46,47,48)/t27-,30-,31-,32-/m0/s1. The molecule has 0 rings (SSSR count). The molecule has 0 aliphatic heterocycles. The summed E-state index contributed by atoms with van der Waals surface area (Å²) in [5.41, 5.74) is 6.19. The predicted octanol–water partition coefficient (Wildman–Crippen LogP) is -5.30. The zero-order chi connectivity index (χ0) is 57.3. The van der Waals surface area contributed by atoms with Crippen LogP contribution in [0.1, 0.15) is 106 Å². The molecule has 0 fully saturated rings. The van der Waals surface area contributed by atoms with E-state index >= 15 is 0 Å². The van der Waals surface area contributed by atoms with Gasteiger partial charge in [0.2, 0.25) is 59.1 Å². The lowest BCUT2D eigenvalue weighted by atomic mass is 10.0. The molecule has 0 saturated heterocycles. The van der Waals surface area contributed by atoms with Crippen molar-refractivity contribution in [1.82, 2.24) is 68.9 Å². The molecule has 0 unspecified atom stereocenters. The first-order valence-electron chi connectivity index (χ1n) is 24.3. The second kappa shape index (κ2) is 36.4. The highest BCUT2D eigenvalue weighted by molar-refractivity contribution is 5.97. The molecule has 30 nitrogen and oxygen atoms in total. The molecule has 0 aromatic carbocycles. The highest BCUT2D eigenvalue weighted by Crippen LogP contribution is 2.06. The van der Waals surface area contributed by atoms with Crippen LogP contribution in [0.15, 0.2) is 0 Å². The SMILES string of the molecule is CCCCC(=O)CCOCN(C)NC(=O)CNC(=O)C(C)(C)NC(=O)CNC(=O)[C@H](CC(C)C)NC(=O)CNC(=O)[C@H](C)NC(=O)CNC(=O)[C@H](CCC(=O)O)NC(=O)CNC(=O)[C@H](CCCNC(=N)N)NC(C)=O. The number of nitrogens with two attached hydrogens (primary N) is 1. The van der Waals surface area contributed by atoms with E-state index in [9.17, 15) is 67.4 Å². The van der Waals surface area contributed by atoms with Crippen molar-refractivity contribution in [3.63, 3.8) is 0 Å². The van der Waals surface area contributed by atoms with Gasteiger partial charge in [-0.05, 0) is 58.8 Å². The molecule has 75 heavy (non-hydrogen) atoms. The van der Waals surface area contributed by atoms with Crippen LogP contribution in [-0.4, -0.2) is 182 Å². The van der Waals surface area contributed by atoms with Crippen molar-refractivity contribution in [3.05, 3.63) is 0 Å². The number of carboxylic acid groups (broad SMARTS) is 1. The van der Waals surface area contributed by atoms with Crippen LogP contribution in [0, 0.1) is 11.3 Å². The molecular formula is C45H79N15O15. The van der Waals surface area contributed by atoms with Crippen LogP contribution in [0.4, 0.5) is 0 Å². The first-order valence-corrected chi connectivity index (χ1v) is 24.3.